The number of nitrogens with one attached hydrogen (secondary N) is 1. The van der Waals surface area contributed by atoms with Crippen molar-refractivity contribution in [3.05, 3.63) is 81.4 Å². The van der Waals surface area contributed by atoms with E-state index in [9.17, 15) is 9.59 Å². The summed E-state index contributed by atoms with van der Waals surface area (Å²) in [6, 6.07) is 11.1. The Morgan fingerprint density at radius 3 is 2.72 bits per heavy atom. The van der Waals surface area contributed by atoms with Gasteiger partial charge in [0.2, 0.25) is 0 Å². The lowest BCUT2D eigenvalue weighted by atomic mass is 9.97. The number of carbonyl (C=O) groups excluding carboxylic acids is 1. The molecule has 1 amide bonds. The van der Waals surface area contributed by atoms with E-state index in [0.717, 1.165) is 30.6 Å². The van der Waals surface area contributed by atoms with Crippen molar-refractivity contribution in [2.24, 2.45) is 0 Å². The zero-order valence-electron chi connectivity index (χ0n) is 18.7. The first-order chi connectivity index (χ1) is 15.5. The molecule has 1 aliphatic rings. The fourth-order valence-corrected chi connectivity index (χ4v) is 4.15. The van der Waals surface area contributed by atoms with Crippen molar-refractivity contribution in [3.8, 4) is 5.75 Å². The largest absolute Gasteiger partial charge is 0.497 e. The number of aromatic nitrogens is 2. The van der Waals surface area contributed by atoms with Crippen molar-refractivity contribution in [1.82, 2.24) is 14.9 Å². The van der Waals surface area contributed by atoms with Crippen molar-refractivity contribution < 1.29 is 9.53 Å². The third-order valence-electron chi connectivity index (χ3n) is 6.02. The van der Waals surface area contributed by atoms with Crippen LogP contribution in [-0.2, 0) is 6.54 Å². The maximum atomic E-state index is 13.1. The van der Waals surface area contributed by atoms with E-state index >= 15 is 0 Å². The van der Waals surface area contributed by atoms with Gasteiger partial charge in [0.25, 0.3) is 11.5 Å². The van der Waals surface area contributed by atoms with Gasteiger partial charge in [-0.15, -0.1) is 0 Å². The Balaban J connectivity index is 1.53. The molecule has 0 spiro atoms. The van der Waals surface area contributed by atoms with Crippen molar-refractivity contribution >= 4 is 16.8 Å². The standard InChI is InChI=1S/C26H29N3O3/c1-18-22(25(30)27-14-12-19-6-4-3-5-7-19)16-23-24(28-18)13-15-29(26(23)31)17-20-8-10-21(32-2)11-9-20/h6,8-11,13,15-16H,3-5,7,12,14,17H2,1-2H3,(H,27,30). The Morgan fingerprint density at radius 2 is 2.00 bits per heavy atom. The zero-order chi connectivity index (χ0) is 22.5. The molecule has 166 valence electrons. The summed E-state index contributed by atoms with van der Waals surface area (Å²) in [4.78, 5) is 30.5. The summed E-state index contributed by atoms with van der Waals surface area (Å²) in [5.41, 5.74) is 3.93. The molecule has 0 aliphatic heterocycles. The Kier molecular flexibility index (Phi) is 6.69. The summed E-state index contributed by atoms with van der Waals surface area (Å²) in [6.07, 6.45) is 9.67. The van der Waals surface area contributed by atoms with Gasteiger partial charge in [-0.05, 0) is 68.9 Å². The summed E-state index contributed by atoms with van der Waals surface area (Å²) >= 11 is 0. The molecule has 1 N–H and O–H groups in total. The number of pyridine rings is 2. The molecule has 32 heavy (non-hydrogen) atoms. The number of aryl methyl sites for hydroxylation is 1. The molecule has 0 bridgehead atoms. The normalized spacial score (nSPS) is 13.6. The first-order valence-electron chi connectivity index (χ1n) is 11.1. The molecule has 6 heteroatoms. The first-order valence-corrected chi connectivity index (χ1v) is 11.1. The lowest BCUT2D eigenvalue weighted by Crippen LogP contribution is -2.27. The van der Waals surface area contributed by atoms with E-state index in [0.29, 0.717) is 35.2 Å². The van der Waals surface area contributed by atoms with Crippen LogP contribution in [-0.4, -0.2) is 29.1 Å². The number of carbonyl (C=O) groups is 1. The highest BCUT2D eigenvalue weighted by Crippen LogP contribution is 2.20. The molecule has 0 fully saturated rings. The first kappa shape index (κ1) is 21.8. The van der Waals surface area contributed by atoms with Crippen LogP contribution in [0.25, 0.3) is 10.9 Å². The third-order valence-corrected chi connectivity index (χ3v) is 6.02. The highest BCUT2D eigenvalue weighted by Gasteiger charge is 2.14. The second-order valence-corrected chi connectivity index (χ2v) is 8.27. The quantitative estimate of drug-likeness (QED) is 0.564. The fourth-order valence-electron chi connectivity index (χ4n) is 4.15. The molecule has 3 aromatic rings. The van der Waals surface area contributed by atoms with Gasteiger partial charge in [0, 0.05) is 12.7 Å². The second kappa shape index (κ2) is 9.81. The van der Waals surface area contributed by atoms with Crippen LogP contribution in [0.15, 0.2) is 59.0 Å². The maximum Gasteiger partial charge on any atom is 0.260 e. The van der Waals surface area contributed by atoms with Crippen molar-refractivity contribution in [2.45, 2.75) is 45.6 Å². The molecule has 0 atom stereocenters. The third kappa shape index (κ3) is 4.90. The van der Waals surface area contributed by atoms with Gasteiger partial charge in [0.1, 0.15) is 5.75 Å². The summed E-state index contributed by atoms with van der Waals surface area (Å²) < 4.78 is 6.83. The lowest BCUT2D eigenvalue weighted by molar-refractivity contribution is 0.0953. The average molecular weight is 432 g/mol. The van der Waals surface area contributed by atoms with Crippen molar-refractivity contribution in [2.75, 3.05) is 13.7 Å². The monoisotopic (exact) mass is 431 g/mol. The lowest BCUT2D eigenvalue weighted by Gasteiger charge is -2.14. The van der Waals surface area contributed by atoms with Crippen LogP contribution in [0.3, 0.4) is 0 Å². The highest BCUT2D eigenvalue weighted by atomic mass is 16.5. The molecule has 0 saturated heterocycles. The summed E-state index contributed by atoms with van der Waals surface area (Å²) in [7, 11) is 1.62. The minimum Gasteiger partial charge on any atom is -0.497 e. The van der Waals surface area contributed by atoms with E-state index in [1.807, 2.05) is 30.3 Å². The zero-order valence-corrected chi connectivity index (χ0v) is 18.7. The summed E-state index contributed by atoms with van der Waals surface area (Å²) in [5, 5.41) is 3.45. The minimum absolute atomic E-state index is 0.160. The van der Waals surface area contributed by atoms with Crippen LogP contribution in [0, 0.1) is 6.92 Å². The van der Waals surface area contributed by atoms with E-state index in [4.69, 9.17) is 4.74 Å². The topological polar surface area (TPSA) is 73.2 Å². The van der Waals surface area contributed by atoms with Gasteiger partial charge in [-0.2, -0.15) is 0 Å². The molecular formula is C26H29N3O3. The van der Waals surface area contributed by atoms with Crippen LogP contribution in [0.2, 0.25) is 0 Å². The average Bonchev–Trinajstić information content (AvgIpc) is 2.82. The minimum atomic E-state index is -0.182. The van der Waals surface area contributed by atoms with E-state index in [-0.39, 0.29) is 11.5 Å². The Hall–Kier alpha value is -3.41. The highest BCUT2D eigenvalue weighted by molar-refractivity contribution is 5.98. The number of allylic oxidation sites excluding steroid dienone is 1. The SMILES string of the molecule is COc1ccc(Cn2ccc3nc(C)c(C(=O)NCCC4=CCCCC4)cc3c2=O)cc1. The number of hydrogen-bond donors (Lipinski definition) is 1. The molecule has 2 aromatic heterocycles. The number of ether oxygens (including phenoxy) is 1. The summed E-state index contributed by atoms with van der Waals surface area (Å²) in [6.45, 7) is 2.84. The van der Waals surface area contributed by atoms with E-state index < -0.39 is 0 Å². The number of nitrogens with zero attached hydrogens (tertiary/aromatic N) is 2. The molecule has 0 radical (unpaired) electrons. The van der Waals surface area contributed by atoms with Gasteiger partial charge in [0.05, 0.1) is 35.8 Å². The fraction of sp³-hybridized carbons (Fsp3) is 0.346. The van der Waals surface area contributed by atoms with Crippen LogP contribution in [0.4, 0.5) is 0 Å². The van der Waals surface area contributed by atoms with E-state index in [1.54, 1.807) is 30.9 Å². The predicted octanol–water partition coefficient (Wildman–Crippen LogP) is 4.38. The molecule has 1 aromatic carbocycles. The number of benzene rings is 1. The molecular weight excluding hydrogens is 402 g/mol. The molecule has 2 heterocycles. The van der Waals surface area contributed by atoms with Crippen molar-refractivity contribution in [1.29, 1.82) is 0 Å². The van der Waals surface area contributed by atoms with Gasteiger partial charge in [-0.25, -0.2) is 0 Å². The Morgan fingerprint density at radius 1 is 1.19 bits per heavy atom. The number of fused-ring (bicyclic) bond motifs is 1. The smallest absolute Gasteiger partial charge is 0.260 e. The van der Waals surface area contributed by atoms with Gasteiger partial charge >= 0.3 is 0 Å². The number of hydrogen-bond acceptors (Lipinski definition) is 4. The van der Waals surface area contributed by atoms with Gasteiger partial charge in [0.15, 0.2) is 0 Å². The second-order valence-electron chi connectivity index (χ2n) is 8.27. The number of rotatable bonds is 7. The van der Waals surface area contributed by atoms with E-state index in [1.165, 1.54) is 18.4 Å². The molecule has 1 aliphatic carbocycles. The van der Waals surface area contributed by atoms with Crippen LogP contribution < -0.4 is 15.6 Å². The van der Waals surface area contributed by atoms with Gasteiger partial charge in [-0.1, -0.05) is 23.8 Å². The van der Waals surface area contributed by atoms with Crippen LogP contribution in [0.5, 0.6) is 5.75 Å². The van der Waals surface area contributed by atoms with Gasteiger partial charge in [-0.3, -0.25) is 14.6 Å². The summed E-state index contributed by atoms with van der Waals surface area (Å²) in [5.74, 6) is 0.591. The van der Waals surface area contributed by atoms with Crippen LogP contribution in [0.1, 0.15) is 53.7 Å². The van der Waals surface area contributed by atoms with E-state index in [2.05, 4.69) is 16.4 Å². The van der Waals surface area contributed by atoms with Crippen LogP contribution >= 0.6 is 0 Å². The molecule has 0 unspecified atom stereocenters. The molecule has 0 saturated carbocycles. The Bertz CT molecular complexity index is 1210. The number of amides is 1. The van der Waals surface area contributed by atoms with Crippen molar-refractivity contribution in [3.63, 3.8) is 0 Å². The van der Waals surface area contributed by atoms with Gasteiger partial charge < -0.3 is 14.6 Å². The maximum absolute atomic E-state index is 13.1. The Labute approximate surface area is 187 Å². The molecule has 6 nitrogen and oxygen atoms in total. The predicted molar refractivity (Wildman–Crippen MR) is 126 cm³/mol. The number of methoxy groups -OCH3 is 1. The molecule has 4 rings (SSSR count).